The Hall–Kier alpha value is -5.19. The van der Waals surface area contributed by atoms with Gasteiger partial charge in [0.2, 0.25) is 0 Å². The monoisotopic (exact) mass is 939 g/mol. The summed E-state index contributed by atoms with van der Waals surface area (Å²) in [5, 5.41) is 12.8. The van der Waals surface area contributed by atoms with Gasteiger partial charge in [-0.15, -0.1) is 0 Å². The van der Waals surface area contributed by atoms with Gasteiger partial charge in [0.1, 0.15) is 62.9 Å². The lowest BCUT2D eigenvalue weighted by Crippen LogP contribution is -2.55. The zero-order chi connectivity index (χ0) is 49.5. The normalized spacial score (nSPS) is 22.3. The third-order valence-electron chi connectivity index (χ3n) is 12.8. The molecule has 6 N–H and O–H groups in total. The van der Waals surface area contributed by atoms with Crippen LogP contribution in [0.15, 0.2) is 72.8 Å². The van der Waals surface area contributed by atoms with Crippen LogP contribution in [0.3, 0.4) is 0 Å². The molecule has 16 heteroatoms. The summed E-state index contributed by atoms with van der Waals surface area (Å²) < 4.78 is 35.1. The zero-order valence-corrected chi connectivity index (χ0v) is 41.9. The number of para-hydroxylation sites is 3. The number of hydrogen-bond donors (Lipinski definition) is 5. The predicted molar refractivity (Wildman–Crippen MR) is 263 cm³/mol. The number of carbonyl (C=O) groups excluding carboxylic acids is 3. The fourth-order valence-electron chi connectivity index (χ4n) is 9.70. The van der Waals surface area contributed by atoms with Gasteiger partial charge in [0.25, 0.3) is 0 Å². The maximum absolute atomic E-state index is 12.5. The first-order chi connectivity index (χ1) is 32.1. The van der Waals surface area contributed by atoms with Gasteiger partial charge in [-0.05, 0) is 107 Å². The standard InChI is InChI=1S/C22H32N2O5.C17H24N2O3.C12H16N2O.CH3B/c1-20(2,3)28-18(25)23-17-15-9-7-8-10-16(15)27-22(17)11-13-24(14-12-22)19(26)29-21(4,5)6;1-16(2,3)22-15(20)19-14-12-6-4-5-7-13(12)21-17(14)8-10-18-11-9-17;13-11-9-3-1-2-4-10(9)15-12(11)5-7-14-8-6-12;1-2/h7-10,17H,11-14H2,1-6H3,(H,23,25);4-7,14,18H,8-11H2,1-3H3,(H,19,20);1-4,11,14H,5-8,13H2;1H3/t17-;14-;11-;/m111./s1. The number of alkyl carbamates (subject to hydrolysis) is 2. The quantitative estimate of drug-likeness (QED) is 0.122. The minimum atomic E-state index is -0.612. The summed E-state index contributed by atoms with van der Waals surface area (Å²) in [5.74, 6) is 2.61. The van der Waals surface area contributed by atoms with Crippen molar-refractivity contribution in [1.82, 2.24) is 26.2 Å². The van der Waals surface area contributed by atoms with Crippen LogP contribution in [0.2, 0.25) is 6.82 Å². The van der Waals surface area contributed by atoms with Gasteiger partial charge < -0.3 is 60.3 Å². The molecule has 0 bridgehead atoms. The summed E-state index contributed by atoms with van der Waals surface area (Å²) >= 11 is 0. The van der Waals surface area contributed by atoms with Crippen molar-refractivity contribution in [2.24, 2.45) is 5.73 Å². The van der Waals surface area contributed by atoms with E-state index < -0.39 is 34.6 Å². The van der Waals surface area contributed by atoms with Gasteiger partial charge in [0.05, 0.1) is 13.9 Å². The van der Waals surface area contributed by atoms with Crippen molar-refractivity contribution in [3.05, 3.63) is 89.5 Å². The predicted octanol–water partition coefficient (Wildman–Crippen LogP) is 8.59. The second kappa shape index (κ2) is 21.2. The van der Waals surface area contributed by atoms with Crippen LogP contribution in [0.25, 0.3) is 0 Å². The van der Waals surface area contributed by atoms with E-state index in [4.69, 9.17) is 34.2 Å². The van der Waals surface area contributed by atoms with Crippen LogP contribution in [0.1, 0.15) is 136 Å². The molecule has 6 aliphatic rings. The highest BCUT2D eigenvalue weighted by Crippen LogP contribution is 2.50. The van der Waals surface area contributed by atoms with E-state index in [2.05, 4.69) is 35.2 Å². The van der Waals surface area contributed by atoms with Crippen LogP contribution >= 0.6 is 0 Å². The number of nitrogens with two attached hydrogens (primary N) is 1. The molecule has 0 aromatic heterocycles. The Balaban J connectivity index is 0.000000172. The molecule has 0 saturated carbocycles. The summed E-state index contributed by atoms with van der Waals surface area (Å²) in [6.45, 7) is 22.9. The second-order valence-electron chi connectivity index (χ2n) is 21.2. The Labute approximate surface area is 405 Å². The fourth-order valence-corrected chi connectivity index (χ4v) is 9.70. The second-order valence-corrected chi connectivity index (χ2v) is 21.2. The molecule has 3 aromatic rings. The number of benzene rings is 3. The smallest absolute Gasteiger partial charge is 0.410 e. The largest absolute Gasteiger partial charge is 0.485 e. The van der Waals surface area contributed by atoms with Gasteiger partial charge in [-0.3, -0.25) is 0 Å². The summed E-state index contributed by atoms with van der Waals surface area (Å²) in [5.41, 5.74) is 6.68. The number of rotatable bonds is 2. The first-order valence-electron chi connectivity index (χ1n) is 24.2. The molecule has 6 heterocycles. The van der Waals surface area contributed by atoms with Gasteiger partial charge in [0.15, 0.2) is 0 Å². The molecule has 3 saturated heterocycles. The van der Waals surface area contributed by atoms with E-state index in [0.717, 1.165) is 80.2 Å². The van der Waals surface area contributed by atoms with E-state index in [1.807, 2.05) is 129 Å². The zero-order valence-electron chi connectivity index (χ0n) is 41.9. The number of carbonyl (C=O) groups is 3. The van der Waals surface area contributed by atoms with Crippen LogP contribution in [-0.2, 0) is 14.2 Å². The summed E-state index contributed by atoms with van der Waals surface area (Å²) in [6.07, 6.45) is 3.71. The number of nitrogens with one attached hydrogen (secondary N) is 4. The van der Waals surface area contributed by atoms with Crippen LogP contribution in [-0.4, -0.2) is 104 Å². The molecule has 2 radical (unpaired) electrons. The van der Waals surface area contributed by atoms with Gasteiger partial charge in [-0.2, -0.15) is 0 Å². The molecule has 0 aliphatic carbocycles. The van der Waals surface area contributed by atoms with Crippen molar-refractivity contribution in [3.8, 4) is 17.2 Å². The van der Waals surface area contributed by atoms with Gasteiger partial charge in [0, 0.05) is 68.3 Å². The van der Waals surface area contributed by atoms with E-state index in [9.17, 15) is 14.4 Å². The number of fused-ring (bicyclic) bond motifs is 3. The molecule has 3 aromatic carbocycles. The Bertz CT molecular complexity index is 2180. The summed E-state index contributed by atoms with van der Waals surface area (Å²) in [4.78, 5) is 38.9. The molecule has 3 fully saturated rings. The highest BCUT2D eigenvalue weighted by molar-refractivity contribution is 6.05. The highest BCUT2D eigenvalue weighted by atomic mass is 16.6. The Morgan fingerprint density at radius 1 is 0.559 bits per heavy atom. The lowest BCUT2D eigenvalue weighted by molar-refractivity contribution is -0.0262. The maximum atomic E-state index is 12.5. The van der Waals surface area contributed by atoms with Crippen molar-refractivity contribution in [1.29, 1.82) is 0 Å². The Morgan fingerprint density at radius 2 is 0.897 bits per heavy atom. The van der Waals surface area contributed by atoms with E-state index in [1.165, 1.54) is 12.4 Å². The average Bonchev–Trinajstić information content (AvgIpc) is 3.84. The number of ether oxygens (including phenoxy) is 6. The molecule has 15 nitrogen and oxygen atoms in total. The molecule has 6 aliphatic heterocycles. The third kappa shape index (κ3) is 12.5. The SMILES string of the molecule is CC(C)(C)OC(=O)N[C@@H]1c2ccccc2OC12CCN(C(=O)OC(C)(C)C)CC2.CC(C)(C)OC(=O)N[C@@H]1c2ccccc2OC12CCNCC2.N[C@@H]1c2ccccc2OC12CCNCC2.[B]C. The van der Waals surface area contributed by atoms with Crippen molar-refractivity contribution >= 4 is 26.1 Å². The lowest BCUT2D eigenvalue weighted by Gasteiger charge is -2.42. The van der Waals surface area contributed by atoms with Crippen molar-refractivity contribution < 1.29 is 42.8 Å². The molecule has 68 heavy (non-hydrogen) atoms. The average molecular weight is 939 g/mol. The Morgan fingerprint density at radius 3 is 1.29 bits per heavy atom. The molecular weight excluding hydrogens is 863 g/mol. The van der Waals surface area contributed by atoms with Gasteiger partial charge in [-0.1, -0.05) is 61.4 Å². The first kappa shape index (κ1) is 52.2. The van der Waals surface area contributed by atoms with E-state index in [1.54, 1.807) is 4.90 Å². The van der Waals surface area contributed by atoms with Crippen molar-refractivity contribution in [2.45, 2.75) is 159 Å². The third-order valence-corrected chi connectivity index (χ3v) is 12.8. The fraction of sp³-hybridized carbons (Fsp3) is 0.596. The highest BCUT2D eigenvalue weighted by Gasteiger charge is 2.53. The lowest BCUT2D eigenvalue weighted by atomic mass is 9.82. The maximum Gasteiger partial charge on any atom is 0.410 e. The molecule has 9 rings (SSSR count). The topological polar surface area (TPSA) is 184 Å². The number of amides is 3. The molecule has 0 unspecified atom stereocenters. The first-order valence-corrected chi connectivity index (χ1v) is 24.2. The minimum absolute atomic E-state index is 0.0378. The Kier molecular flexibility index (Phi) is 16.3. The van der Waals surface area contributed by atoms with Crippen molar-refractivity contribution in [2.75, 3.05) is 39.3 Å². The molecular formula is C52H75BN6O9. The molecule has 3 amide bonds. The van der Waals surface area contributed by atoms with Crippen LogP contribution in [0, 0.1) is 0 Å². The van der Waals surface area contributed by atoms with E-state index >= 15 is 0 Å². The number of nitrogens with zero attached hydrogens (tertiary/aromatic N) is 1. The molecule has 3 spiro atoms. The van der Waals surface area contributed by atoms with Crippen LogP contribution in [0.5, 0.6) is 17.2 Å². The summed E-state index contributed by atoms with van der Waals surface area (Å²) in [6, 6.07) is 23.3. The minimum Gasteiger partial charge on any atom is -0.485 e. The number of piperidine rings is 3. The van der Waals surface area contributed by atoms with Crippen LogP contribution in [0.4, 0.5) is 14.4 Å². The van der Waals surface area contributed by atoms with Gasteiger partial charge in [-0.25, -0.2) is 14.4 Å². The van der Waals surface area contributed by atoms with Crippen molar-refractivity contribution in [3.63, 3.8) is 0 Å². The molecule has 3 atom stereocenters. The number of likely N-dealkylation sites (tertiary alicyclic amines) is 1. The number of hydrogen-bond acceptors (Lipinski definition) is 12. The van der Waals surface area contributed by atoms with E-state index in [-0.39, 0.29) is 35.4 Å². The van der Waals surface area contributed by atoms with Crippen LogP contribution < -0.4 is 41.2 Å². The summed E-state index contributed by atoms with van der Waals surface area (Å²) in [7, 11) is 4.50. The molecule has 370 valence electrons. The van der Waals surface area contributed by atoms with E-state index in [0.29, 0.717) is 25.9 Å². The van der Waals surface area contributed by atoms with Gasteiger partial charge >= 0.3 is 18.3 Å².